The van der Waals surface area contributed by atoms with Crippen molar-refractivity contribution in [3.8, 4) is 11.3 Å². The van der Waals surface area contributed by atoms with Gasteiger partial charge in [-0.05, 0) is 18.2 Å². The van der Waals surface area contributed by atoms with E-state index in [0.29, 0.717) is 6.61 Å². The van der Waals surface area contributed by atoms with Crippen LogP contribution in [0.1, 0.15) is 0 Å². The third-order valence-electron chi connectivity index (χ3n) is 2.96. The predicted molar refractivity (Wildman–Crippen MR) is 80.3 cm³/mol. The standard InChI is InChI=1S/C14H13BrN4O/c1-20-5-4-19-9-10(7-17-19)14-8-16-12-3-2-11(15)6-13(12)18-14/h2-3,6-9H,4-5H2,1H3. The normalized spacial score (nSPS) is 11.1. The van der Waals surface area contributed by atoms with Gasteiger partial charge < -0.3 is 4.74 Å². The number of methoxy groups -OCH3 is 1. The van der Waals surface area contributed by atoms with Gasteiger partial charge in [0.15, 0.2) is 0 Å². The van der Waals surface area contributed by atoms with Crippen LogP contribution in [0.3, 0.4) is 0 Å². The second-order valence-electron chi connectivity index (χ2n) is 4.37. The largest absolute Gasteiger partial charge is 0.383 e. The van der Waals surface area contributed by atoms with Gasteiger partial charge >= 0.3 is 0 Å². The Morgan fingerprint density at radius 1 is 1.25 bits per heavy atom. The van der Waals surface area contributed by atoms with Crippen LogP contribution in [0.2, 0.25) is 0 Å². The molecule has 0 atom stereocenters. The van der Waals surface area contributed by atoms with E-state index in [-0.39, 0.29) is 0 Å². The van der Waals surface area contributed by atoms with Crippen LogP contribution in [0, 0.1) is 0 Å². The van der Waals surface area contributed by atoms with Crippen molar-refractivity contribution in [2.24, 2.45) is 0 Å². The van der Waals surface area contributed by atoms with E-state index in [9.17, 15) is 0 Å². The van der Waals surface area contributed by atoms with Crippen LogP contribution in [-0.2, 0) is 11.3 Å². The molecule has 0 unspecified atom stereocenters. The molecule has 0 N–H and O–H groups in total. The lowest BCUT2D eigenvalue weighted by atomic mass is 10.2. The van der Waals surface area contributed by atoms with Crippen molar-refractivity contribution in [2.45, 2.75) is 6.54 Å². The minimum Gasteiger partial charge on any atom is -0.383 e. The smallest absolute Gasteiger partial charge is 0.0924 e. The summed E-state index contributed by atoms with van der Waals surface area (Å²) in [6, 6.07) is 5.86. The highest BCUT2D eigenvalue weighted by molar-refractivity contribution is 9.10. The van der Waals surface area contributed by atoms with Crippen LogP contribution in [-0.4, -0.2) is 33.5 Å². The molecule has 0 amide bonds. The Hall–Kier alpha value is -1.79. The molecule has 0 aliphatic heterocycles. The fraction of sp³-hybridized carbons (Fsp3) is 0.214. The van der Waals surface area contributed by atoms with Crippen LogP contribution < -0.4 is 0 Å². The van der Waals surface area contributed by atoms with Gasteiger partial charge in [-0.1, -0.05) is 15.9 Å². The molecule has 0 saturated heterocycles. The summed E-state index contributed by atoms with van der Waals surface area (Å²) < 4.78 is 7.87. The number of hydrogen-bond donors (Lipinski definition) is 0. The minimum atomic E-state index is 0.636. The van der Waals surface area contributed by atoms with Gasteiger partial charge in [0.05, 0.1) is 42.3 Å². The average Bonchev–Trinajstić information content (AvgIpc) is 2.93. The lowest BCUT2D eigenvalue weighted by molar-refractivity contribution is 0.183. The van der Waals surface area contributed by atoms with E-state index < -0.39 is 0 Å². The molecule has 1 aromatic carbocycles. The molecule has 0 aliphatic carbocycles. The zero-order valence-corrected chi connectivity index (χ0v) is 12.5. The highest BCUT2D eigenvalue weighted by Gasteiger charge is 2.06. The Morgan fingerprint density at radius 2 is 2.15 bits per heavy atom. The van der Waals surface area contributed by atoms with Gasteiger partial charge in [-0.3, -0.25) is 9.67 Å². The maximum Gasteiger partial charge on any atom is 0.0924 e. The van der Waals surface area contributed by atoms with Crippen molar-refractivity contribution in [2.75, 3.05) is 13.7 Å². The summed E-state index contributed by atoms with van der Waals surface area (Å²) in [7, 11) is 1.68. The summed E-state index contributed by atoms with van der Waals surface area (Å²) in [4.78, 5) is 9.05. The van der Waals surface area contributed by atoms with E-state index >= 15 is 0 Å². The first kappa shape index (κ1) is 13.2. The van der Waals surface area contributed by atoms with Crippen LogP contribution in [0.25, 0.3) is 22.3 Å². The van der Waals surface area contributed by atoms with Crippen LogP contribution in [0.15, 0.2) is 41.3 Å². The third kappa shape index (κ3) is 2.71. The Labute approximate surface area is 124 Å². The number of fused-ring (bicyclic) bond motifs is 1. The molecule has 3 rings (SSSR count). The first-order valence-corrected chi connectivity index (χ1v) is 6.99. The summed E-state index contributed by atoms with van der Waals surface area (Å²) in [5, 5.41) is 4.29. The van der Waals surface area contributed by atoms with Gasteiger partial charge in [-0.2, -0.15) is 5.10 Å². The average molecular weight is 333 g/mol. The number of nitrogens with zero attached hydrogens (tertiary/aromatic N) is 4. The molecular formula is C14H13BrN4O. The van der Waals surface area contributed by atoms with Crippen molar-refractivity contribution < 1.29 is 4.74 Å². The summed E-state index contributed by atoms with van der Waals surface area (Å²) in [6.07, 6.45) is 5.52. The SMILES string of the molecule is COCCn1cc(-c2cnc3ccc(Br)cc3n2)cn1. The van der Waals surface area contributed by atoms with Crippen molar-refractivity contribution in [3.05, 3.63) is 41.3 Å². The molecule has 2 aromatic heterocycles. The molecule has 0 spiro atoms. The van der Waals surface area contributed by atoms with Crippen LogP contribution in [0.4, 0.5) is 0 Å². The van der Waals surface area contributed by atoms with E-state index in [1.807, 2.05) is 29.1 Å². The van der Waals surface area contributed by atoms with E-state index in [2.05, 4.69) is 31.0 Å². The summed E-state index contributed by atoms with van der Waals surface area (Å²) in [5.74, 6) is 0. The van der Waals surface area contributed by atoms with Gasteiger partial charge in [-0.25, -0.2) is 4.98 Å². The van der Waals surface area contributed by atoms with Crippen LogP contribution >= 0.6 is 15.9 Å². The first-order chi connectivity index (χ1) is 9.76. The van der Waals surface area contributed by atoms with Gasteiger partial charge in [0.1, 0.15) is 0 Å². The molecule has 2 heterocycles. The molecule has 0 aliphatic rings. The fourth-order valence-corrected chi connectivity index (χ4v) is 2.28. The molecule has 0 fully saturated rings. The Balaban J connectivity index is 1.95. The molecule has 6 heteroatoms. The Morgan fingerprint density at radius 3 is 3.00 bits per heavy atom. The zero-order chi connectivity index (χ0) is 13.9. The molecular weight excluding hydrogens is 320 g/mol. The second kappa shape index (κ2) is 5.68. The van der Waals surface area contributed by atoms with E-state index in [0.717, 1.165) is 33.3 Å². The molecule has 3 aromatic rings. The van der Waals surface area contributed by atoms with Gasteiger partial charge in [-0.15, -0.1) is 0 Å². The fourth-order valence-electron chi connectivity index (χ4n) is 1.93. The van der Waals surface area contributed by atoms with Gasteiger partial charge in [0, 0.05) is 23.3 Å². The van der Waals surface area contributed by atoms with E-state index in [4.69, 9.17) is 4.74 Å². The van der Waals surface area contributed by atoms with E-state index in [1.165, 1.54) is 0 Å². The molecule has 5 nitrogen and oxygen atoms in total. The van der Waals surface area contributed by atoms with Gasteiger partial charge in [0.2, 0.25) is 0 Å². The maximum absolute atomic E-state index is 5.04. The summed E-state index contributed by atoms with van der Waals surface area (Å²) in [5.41, 5.74) is 3.51. The highest BCUT2D eigenvalue weighted by Crippen LogP contribution is 2.21. The predicted octanol–water partition coefficient (Wildman–Crippen LogP) is 2.90. The number of ether oxygens (including phenoxy) is 1. The van der Waals surface area contributed by atoms with E-state index in [1.54, 1.807) is 19.5 Å². The van der Waals surface area contributed by atoms with Crippen molar-refractivity contribution in [1.29, 1.82) is 0 Å². The van der Waals surface area contributed by atoms with Crippen LogP contribution in [0.5, 0.6) is 0 Å². The number of hydrogen-bond acceptors (Lipinski definition) is 4. The summed E-state index contributed by atoms with van der Waals surface area (Å²) in [6.45, 7) is 1.36. The Bertz CT molecular complexity index is 741. The number of aromatic nitrogens is 4. The molecule has 0 radical (unpaired) electrons. The maximum atomic E-state index is 5.04. The monoisotopic (exact) mass is 332 g/mol. The highest BCUT2D eigenvalue weighted by atomic mass is 79.9. The third-order valence-corrected chi connectivity index (χ3v) is 3.45. The zero-order valence-electron chi connectivity index (χ0n) is 11.0. The minimum absolute atomic E-state index is 0.636. The molecule has 0 saturated carbocycles. The number of halogens is 1. The molecule has 20 heavy (non-hydrogen) atoms. The topological polar surface area (TPSA) is 52.8 Å². The van der Waals surface area contributed by atoms with Crippen molar-refractivity contribution >= 4 is 27.0 Å². The van der Waals surface area contributed by atoms with Crippen molar-refractivity contribution in [1.82, 2.24) is 19.7 Å². The van der Waals surface area contributed by atoms with Gasteiger partial charge in [0.25, 0.3) is 0 Å². The molecule has 0 bridgehead atoms. The Kier molecular flexibility index (Phi) is 3.75. The number of benzene rings is 1. The lowest BCUT2D eigenvalue weighted by Crippen LogP contribution is -2.03. The van der Waals surface area contributed by atoms with Crippen molar-refractivity contribution in [3.63, 3.8) is 0 Å². The second-order valence-corrected chi connectivity index (χ2v) is 5.29. The number of rotatable bonds is 4. The first-order valence-electron chi connectivity index (χ1n) is 6.20. The molecule has 102 valence electrons. The summed E-state index contributed by atoms with van der Waals surface area (Å²) >= 11 is 3.45. The lowest BCUT2D eigenvalue weighted by Gasteiger charge is -2.01. The quantitative estimate of drug-likeness (QED) is 0.737.